The summed E-state index contributed by atoms with van der Waals surface area (Å²) in [7, 11) is 0. The molecule has 0 saturated carbocycles. The summed E-state index contributed by atoms with van der Waals surface area (Å²) in [6, 6.07) is 0. The highest BCUT2D eigenvalue weighted by molar-refractivity contribution is 8.05. The predicted molar refractivity (Wildman–Crippen MR) is 77.5 cm³/mol. The molecule has 11 heteroatoms. The maximum atomic E-state index is 11.7. The molecule has 116 valence electrons. The molecule has 0 bridgehead atoms. The van der Waals surface area contributed by atoms with Crippen LogP contribution in [0.3, 0.4) is 0 Å². The molecule has 2 rings (SSSR count). The van der Waals surface area contributed by atoms with Crippen LogP contribution in [-0.4, -0.2) is 22.3 Å². The van der Waals surface area contributed by atoms with Crippen molar-refractivity contribution < 1.29 is 13.8 Å². The average molecular weight is 356 g/mol. The maximum absolute atomic E-state index is 11.7. The van der Waals surface area contributed by atoms with Gasteiger partial charge in [0, 0.05) is 17.5 Å². The van der Waals surface area contributed by atoms with Crippen molar-refractivity contribution in [3.8, 4) is 0 Å². The minimum atomic E-state index is -3.69. The molecule has 0 spiro atoms. The minimum Gasteiger partial charge on any atom is -0.400 e. The maximum Gasteiger partial charge on any atom is 0.380 e. The van der Waals surface area contributed by atoms with Gasteiger partial charge in [-0.3, -0.25) is 18.9 Å². The van der Waals surface area contributed by atoms with E-state index in [1.54, 1.807) is 6.92 Å². The predicted octanol–water partition coefficient (Wildman–Crippen LogP) is 1.19. The van der Waals surface area contributed by atoms with Gasteiger partial charge in [0.15, 0.2) is 6.23 Å². The third-order valence-electron chi connectivity index (χ3n) is 2.81. The molecule has 3 N–H and O–H groups in total. The SMILES string of the molecule is Cc1cn([C@H]2C=C(N)[C@@H](COP(=O)(Cl)Cl)O2)c(=O)[nH]c1=O. The molecule has 2 heterocycles. The van der Waals surface area contributed by atoms with Gasteiger partial charge < -0.3 is 15.0 Å². The van der Waals surface area contributed by atoms with E-state index in [1.165, 1.54) is 16.8 Å². The van der Waals surface area contributed by atoms with Crippen molar-refractivity contribution in [2.24, 2.45) is 5.73 Å². The standard InChI is InChI=1S/C10H12Cl2N3O5P/c1-5-3-15(10(17)14-9(5)16)8-2-6(13)7(20-8)4-19-21(11,12)18/h2-3,7-8H,4,13H2,1H3,(H,14,16,17)/t7-,8-/m1/s1. The number of H-pyrrole nitrogens is 1. The van der Waals surface area contributed by atoms with Gasteiger partial charge in [-0.15, -0.1) is 0 Å². The molecule has 0 aromatic carbocycles. The molecule has 21 heavy (non-hydrogen) atoms. The Bertz CT molecular complexity index is 737. The number of hydrogen-bond acceptors (Lipinski definition) is 6. The Morgan fingerprint density at radius 1 is 1.52 bits per heavy atom. The lowest BCUT2D eigenvalue weighted by atomic mass is 10.3. The number of aromatic amines is 1. The van der Waals surface area contributed by atoms with Gasteiger partial charge >= 0.3 is 11.8 Å². The summed E-state index contributed by atoms with van der Waals surface area (Å²) in [5, 5.41) is 0. The second-order valence-corrected chi connectivity index (χ2v) is 8.65. The summed E-state index contributed by atoms with van der Waals surface area (Å²) >= 11 is 10.5. The highest BCUT2D eigenvalue weighted by Crippen LogP contribution is 2.57. The van der Waals surface area contributed by atoms with Crippen LogP contribution in [0.4, 0.5) is 0 Å². The van der Waals surface area contributed by atoms with Gasteiger partial charge in [-0.2, -0.15) is 0 Å². The fourth-order valence-electron chi connectivity index (χ4n) is 1.77. The van der Waals surface area contributed by atoms with Crippen molar-refractivity contribution in [3.63, 3.8) is 0 Å². The monoisotopic (exact) mass is 355 g/mol. The van der Waals surface area contributed by atoms with E-state index >= 15 is 0 Å². The molecular weight excluding hydrogens is 344 g/mol. The zero-order chi connectivity index (χ0) is 15.8. The molecule has 1 aliphatic heterocycles. The first-order chi connectivity index (χ1) is 9.67. The number of aromatic nitrogens is 2. The van der Waals surface area contributed by atoms with Crippen LogP contribution in [-0.2, 0) is 13.8 Å². The molecule has 2 atom stereocenters. The fourth-order valence-corrected chi connectivity index (χ4v) is 2.42. The summed E-state index contributed by atoms with van der Waals surface area (Å²) in [5.41, 5.74) is 5.25. The number of nitrogens with one attached hydrogen (secondary N) is 1. The van der Waals surface area contributed by atoms with Crippen molar-refractivity contribution in [1.29, 1.82) is 0 Å². The first-order valence-electron chi connectivity index (χ1n) is 5.76. The van der Waals surface area contributed by atoms with Crippen molar-refractivity contribution in [2.75, 3.05) is 6.61 Å². The van der Waals surface area contributed by atoms with E-state index < -0.39 is 29.7 Å². The van der Waals surface area contributed by atoms with Crippen molar-refractivity contribution in [2.45, 2.75) is 19.3 Å². The van der Waals surface area contributed by atoms with Crippen molar-refractivity contribution in [1.82, 2.24) is 9.55 Å². The number of ether oxygens (including phenoxy) is 1. The largest absolute Gasteiger partial charge is 0.400 e. The van der Waals surface area contributed by atoms with Crippen LogP contribution in [0.2, 0.25) is 0 Å². The molecule has 0 radical (unpaired) electrons. The Hall–Kier alpha value is -1.05. The number of aryl methyl sites for hydroxylation is 1. The first-order valence-corrected chi connectivity index (χ1v) is 9.19. The van der Waals surface area contributed by atoms with Crippen molar-refractivity contribution in [3.05, 3.63) is 44.4 Å². The molecule has 0 aliphatic carbocycles. The molecule has 0 unspecified atom stereocenters. The Labute approximate surface area is 128 Å². The summed E-state index contributed by atoms with van der Waals surface area (Å²) in [6.45, 7) is 1.33. The number of nitrogens with zero attached hydrogens (tertiary/aromatic N) is 1. The molecule has 0 saturated heterocycles. The van der Waals surface area contributed by atoms with E-state index in [2.05, 4.69) is 4.98 Å². The van der Waals surface area contributed by atoms with Crippen molar-refractivity contribution >= 4 is 28.6 Å². The Kier molecular flexibility index (Phi) is 4.65. The van der Waals surface area contributed by atoms with E-state index in [0.29, 0.717) is 5.56 Å². The van der Waals surface area contributed by atoms with Crippen LogP contribution in [0.1, 0.15) is 11.8 Å². The molecule has 1 aromatic heterocycles. The van der Waals surface area contributed by atoms with E-state index in [0.717, 1.165) is 0 Å². The quantitative estimate of drug-likeness (QED) is 0.783. The molecule has 1 aromatic rings. The van der Waals surface area contributed by atoms with Gasteiger partial charge in [-0.25, -0.2) is 4.79 Å². The number of hydrogen-bond donors (Lipinski definition) is 2. The van der Waals surface area contributed by atoms with E-state index in [-0.39, 0.29) is 12.3 Å². The van der Waals surface area contributed by atoms with Crippen LogP contribution < -0.4 is 17.0 Å². The summed E-state index contributed by atoms with van der Waals surface area (Å²) in [4.78, 5) is 25.2. The Morgan fingerprint density at radius 2 is 2.19 bits per heavy atom. The lowest BCUT2D eigenvalue weighted by Gasteiger charge is -2.17. The number of rotatable bonds is 4. The summed E-state index contributed by atoms with van der Waals surface area (Å²) in [5.74, 6) is 0. The number of nitrogens with two attached hydrogens (primary N) is 1. The van der Waals surface area contributed by atoms with Gasteiger partial charge in [0.05, 0.1) is 6.61 Å². The highest BCUT2D eigenvalue weighted by Gasteiger charge is 2.29. The van der Waals surface area contributed by atoms with E-state index in [1.807, 2.05) is 0 Å². The minimum absolute atomic E-state index is 0.222. The third-order valence-corrected chi connectivity index (χ3v) is 3.84. The average Bonchev–Trinajstić information content (AvgIpc) is 2.72. The third kappa shape index (κ3) is 3.99. The number of halogens is 2. The first kappa shape index (κ1) is 16.3. The topological polar surface area (TPSA) is 116 Å². The molecular formula is C10H12Cl2N3O5P. The zero-order valence-electron chi connectivity index (χ0n) is 10.8. The second-order valence-electron chi connectivity index (χ2n) is 4.37. The Morgan fingerprint density at radius 3 is 2.81 bits per heavy atom. The van der Waals surface area contributed by atoms with Crippen LogP contribution >= 0.6 is 28.6 Å². The molecule has 8 nitrogen and oxygen atoms in total. The zero-order valence-corrected chi connectivity index (χ0v) is 13.2. The lowest BCUT2D eigenvalue weighted by Crippen LogP contribution is -2.33. The lowest BCUT2D eigenvalue weighted by molar-refractivity contribution is -0.00792. The van der Waals surface area contributed by atoms with Gasteiger partial charge in [0.2, 0.25) is 0 Å². The molecule has 1 aliphatic rings. The van der Waals surface area contributed by atoms with Gasteiger partial charge in [0.25, 0.3) is 5.56 Å². The Balaban J connectivity index is 2.18. The second kappa shape index (κ2) is 5.98. The molecule has 0 fully saturated rings. The fraction of sp³-hybridized carbons (Fsp3) is 0.400. The smallest absolute Gasteiger partial charge is 0.380 e. The van der Waals surface area contributed by atoms with Gasteiger partial charge in [-0.1, -0.05) is 0 Å². The van der Waals surface area contributed by atoms with E-state index in [4.69, 9.17) is 37.5 Å². The van der Waals surface area contributed by atoms with Crippen LogP contribution in [0.5, 0.6) is 0 Å². The summed E-state index contributed by atoms with van der Waals surface area (Å²) in [6.07, 6.45) is -2.43. The normalized spacial score (nSPS) is 22.3. The van der Waals surface area contributed by atoms with Crippen LogP contribution in [0.25, 0.3) is 0 Å². The van der Waals surface area contributed by atoms with Crippen LogP contribution in [0.15, 0.2) is 27.6 Å². The van der Waals surface area contributed by atoms with Crippen LogP contribution in [0, 0.1) is 6.92 Å². The highest BCUT2D eigenvalue weighted by atomic mass is 35.9. The summed E-state index contributed by atoms with van der Waals surface area (Å²) < 4.78 is 22.5. The van der Waals surface area contributed by atoms with E-state index in [9.17, 15) is 14.2 Å². The molecule has 0 amide bonds. The van der Waals surface area contributed by atoms with Gasteiger partial charge in [-0.05, 0) is 35.5 Å². The van der Waals surface area contributed by atoms with Gasteiger partial charge in [0.1, 0.15) is 6.10 Å².